The van der Waals surface area contributed by atoms with Gasteiger partial charge in [0.2, 0.25) is 5.88 Å². The highest BCUT2D eigenvalue weighted by Crippen LogP contribution is 2.26. The lowest BCUT2D eigenvalue weighted by Gasteiger charge is -2.11. The maximum atomic E-state index is 13.2. The standard InChI is InChI=1S/C14H15FN2O/c1-9-5-6-17-14(12(9)8-16)18-11-3-4-13(15)10(2)7-11/h3-7H,8,16H2,1-2H3. The zero-order valence-electron chi connectivity index (χ0n) is 10.4. The van der Waals surface area contributed by atoms with Crippen molar-refractivity contribution in [2.75, 3.05) is 0 Å². The fourth-order valence-corrected chi connectivity index (χ4v) is 1.69. The van der Waals surface area contributed by atoms with E-state index < -0.39 is 0 Å². The van der Waals surface area contributed by atoms with Crippen LogP contribution < -0.4 is 10.5 Å². The second-order valence-electron chi connectivity index (χ2n) is 4.13. The number of nitrogens with two attached hydrogens (primary N) is 1. The highest BCUT2D eigenvalue weighted by Gasteiger charge is 2.08. The molecule has 0 unspecified atom stereocenters. The molecule has 4 heteroatoms. The molecule has 0 saturated heterocycles. The third kappa shape index (κ3) is 2.49. The van der Waals surface area contributed by atoms with Crippen LogP contribution in [0.1, 0.15) is 16.7 Å². The Morgan fingerprint density at radius 3 is 2.67 bits per heavy atom. The molecule has 1 aromatic carbocycles. The van der Waals surface area contributed by atoms with Gasteiger partial charge in [-0.05, 0) is 49.2 Å². The van der Waals surface area contributed by atoms with Crippen molar-refractivity contribution in [2.24, 2.45) is 5.73 Å². The number of benzene rings is 1. The first-order valence-corrected chi connectivity index (χ1v) is 5.70. The van der Waals surface area contributed by atoms with Crippen molar-refractivity contribution >= 4 is 0 Å². The number of rotatable bonds is 3. The molecule has 0 bridgehead atoms. The maximum absolute atomic E-state index is 13.2. The Balaban J connectivity index is 2.34. The number of halogens is 1. The molecule has 1 heterocycles. The summed E-state index contributed by atoms with van der Waals surface area (Å²) in [5.74, 6) is 0.781. The Morgan fingerprint density at radius 1 is 1.22 bits per heavy atom. The van der Waals surface area contributed by atoms with E-state index in [1.165, 1.54) is 6.07 Å². The van der Waals surface area contributed by atoms with Crippen LogP contribution in [-0.4, -0.2) is 4.98 Å². The van der Waals surface area contributed by atoms with Gasteiger partial charge in [-0.1, -0.05) is 0 Å². The van der Waals surface area contributed by atoms with Crippen LogP contribution in [0.4, 0.5) is 4.39 Å². The summed E-state index contributed by atoms with van der Waals surface area (Å²) < 4.78 is 18.8. The van der Waals surface area contributed by atoms with E-state index in [1.807, 2.05) is 13.0 Å². The number of aromatic nitrogens is 1. The molecular weight excluding hydrogens is 231 g/mol. The Morgan fingerprint density at radius 2 is 2.00 bits per heavy atom. The zero-order valence-corrected chi connectivity index (χ0v) is 10.4. The number of nitrogens with zero attached hydrogens (tertiary/aromatic N) is 1. The van der Waals surface area contributed by atoms with Crippen LogP contribution in [0, 0.1) is 19.7 Å². The van der Waals surface area contributed by atoms with Gasteiger partial charge in [-0.15, -0.1) is 0 Å². The number of hydrogen-bond donors (Lipinski definition) is 1. The smallest absolute Gasteiger partial charge is 0.223 e. The predicted octanol–water partition coefficient (Wildman–Crippen LogP) is 3.09. The Bertz CT molecular complexity index is 570. The highest BCUT2D eigenvalue weighted by molar-refractivity contribution is 5.38. The molecule has 0 amide bonds. The molecule has 2 N–H and O–H groups in total. The molecule has 3 nitrogen and oxygen atoms in total. The summed E-state index contributed by atoms with van der Waals surface area (Å²) in [6.45, 7) is 4.00. The van der Waals surface area contributed by atoms with Crippen LogP contribution in [0.15, 0.2) is 30.5 Å². The highest BCUT2D eigenvalue weighted by atomic mass is 19.1. The van der Waals surface area contributed by atoms with Crippen molar-refractivity contribution in [3.8, 4) is 11.6 Å². The largest absolute Gasteiger partial charge is 0.439 e. The zero-order chi connectivity index (χ0) is 13.1. The van der Waals surface area contributed by atoms with Crippen molar-refractivity contribution in [3.63, 3.8) is 0 Å². The van der Waals surface area contributed by atoms with Gasteiger partial charge in [0, 0.05) is 18.3 Å². The number of aryl methyl sites for hydroxylation is 2. The minimum Gasteiger partial charge on any atom is -0.439 e. The van der Waals surface area contributed by atoms with Gasteiger partial charge in [0.15, 0.2) is 0 Å². The fourth-order valence-electron chi connectivity index (χ4n) is 1.69. The summed E-state index contributed by atoms with van der Waals surface area (Å²) in [7, 11) is 0. The van der Waals surface area contributed by atoms with E-state index in [0.717, 1.165) is 11.1 Å². The lowest BCUT2D eigenvalue weighted by molar-refractivity contribution is 0.453. The molecule has 0 spiro atoms. The van der Waals surface area contributed by atoms with Gasteiger partial charge in [-0.3, -0.25) is 0 Å². The molecule has 0 atom stereocenters. The lowest BCUT2D eigenvalue weighted by atomic mass is 10.1. The average Bonchev–Trinajstić information content (AvgIpc) is 2.34. The van der Waals surface area contributed by atoms with E-state index in [9.17, 15) is 4.39 Å². The third-order valence-electron chi connectivity index (χ3n) is 2.80. The fraction of sp³-hybridized carbons (Fsp3) is 0.214. The Hall–Kier alpha value is -1.94. The summed E-state index contributed by atoms with van der Waals surface area (Å²) in [4.78, 5) is 4.16. The topological polar surface area (TPSA) is 48.1 Å². The molecule has 94 valence electrons. The van der Waals surface area contributed by atoms with Gasteiger partial charge in [-0.25, -0.2) is 9.37 Å². The number of ether oxygens (including phenoxy) is 1. The van der Waals surface area contributed by atoms with E-state index in [2.05, 4.69) is 4.98 Å². The first-order valence-electron chi connectivity index (χ1n) is 5.70. The summed E-state index contributed by atoms with van der Waals surface area (Å²) >= 11 is 0. The molecule has 0 aliphatic heterocycles. The van der Waals surface area contributed by atoms with Crippen LogP contribution in [0.5, 0.6) is 11.6 Å². The maximum Gasteiger partial charge on any atom is 0.223 e. The molecule has 2 aromatic rings. The molecule has 2 rings (SSSR count). The summed E-state index contributed by atoms with van der Waals surface area (Å²) in [5, 5.41) is 0. The molecule has 18 heavy (non-hydrogen) atoms. The number of pyridine rings is 1. The van der Waals surface area contributed by atoms with E-state index in [0.29, 0.717) is 23.7 Å². The summed E-state index contributed by atoms with van der Waals surface area (Å²) in [5.41, 5.74) is 8.11. The van der Waals surface area contributed by atoms with Gasteiger partial charge in [0.1, 0.15) is 11.6 Å². The Kier molecular flexibility index (Phi) is 3.58. The van der Waals surface area contributed by atoms with Crippen LogP contribution >= 0.6 is 0 Å². The van der Waals surface area contributed by atoms with Crippen LogP contribution in [0.2, 0.25) is 0 Å². The minimum absolute atomic E-state index is 0.251. The molecule has 0 aliphatic rings. The summed E-state index contributed by atoms with van der Waals surface area (Å²) in [6, 6.07) is 6.47. The Labute approximate surface area is 105 Å². The van der Waals surface area contributed by atoms with Crippen LogP contribution in [0.25, 0.3) is 0 Å². The molecular formula is C14H15FN2O. The molecule has 0 saturated carbocycles. The van der Waals surface area contributed by atoms with Gasteiger partial charge in [-0.2, -0.15) is 0 Å². The van der Waals surface area contributed by atoms with Crippen molar-refractivity contribution in [2.45, 2.75) is 20.4 Å². The first kappa shape index (κ1) is 12.5. The van der Waals surface area contributed by atoms with Crippen LogP contribution in [0.3, 0.4) is 0 Å². The second-order valence-corrected chi connectivity index (χ2v) is 4.13. The number of hydrogen-bond acceptors (Lipinski definition) is 3. The van der Waals surface area contributed by atoms with Gasteiger partial charge < -0.3 is 10.5 Å². The average molecular weight is 246 g/mol. The van der Waals surface area contributed by atoms with Gasteiger partial charge >= 0.3 is 0 Å². The van der Waals surface area contributed by atoms with Gasteiger partial charge in [0.05, 0.1) is 0 Å². The van der Waals surface area contributed by atoms with E-state index in [4.69, 9.17) is 10.5 Å². The van der Waals surface area contributed by atoms with Crippen molar-refractivity contribution < 1.29 is 9.13 Å². The van der Waals surface area contributed by atoms with E-state index in [1.54, 1.807) is 25.3 Å². The normalized spacial score (nSPS) is 10.4. The van der Waals surface area contributed by atoms with E-state index in [-0.39, 0.29) is 5.82 Å². The molecule has 1 aromatic heterocycles. The van der Waals surface area contributed by atoms with E-state index >= 15 is 0 Å². The predicted molar refractivity (Wildman–Crippen MR) is 68.1 cm³/mol. The molecule has 0 fully saturated rings. The monoisotopic (exact) mass is 246 g/mol. The lowest BCUT2D eigenvalue weighted by Crippen LogP contribution is -2.03. The van der Waals surface area contributed by atoms with Crippen molar-refractivity contribution in [3.05, 3.63) is 53.0 Å². The third-order valence-corrected chi connectivity index (χ3v) is 2.80. The van der Waals surface area contributed by atoms with Gasteiger partial charge in [0.25, 0.3) is 0 Å². The molecule has 0 aliphatic carbocycles. The quantitative estimate of drug-likeness (QED) is 0.905. The van der Waals surface area contributed by atoms with Crippen molar-refractivity contribution in [1.82, 2.24) is 4.98 Å². The molecule has 0 radical (unpaired) electrons. The second kappa shape index (κ2) is 5.14. The van der Waals surface area contributed by atoms with Crippen LogP contribution in [-0.2, 0) is 6.54 Å². The SMILES string of the molecule is Cc1cc(Oc2nccc(C)c2CN)ccc1F. The summed E-state index contributed by atoms with van der Waals surface area (Å²) in [6.07, 6.45) is 1.67. The first-order chi connectivity index (χ1) is 8.61. The minimum atomic E-state index is -0.251. The van der Waals surface area contributed by atoms with Crippen molar-refractivity contribution in [1.29, 1.82) is 0 Å².